The van der Waals surface area contributed by atoms with Gasteiger partial charge in [0.25, 0.3) is 0 Å². The first-order chi connectivity index (χ1) is 14.7. The highest BCUT2D eigenvalue weighted by Gasteiger charge is 2.24. The predicted octanol–water partition coefficient (Wildman–Crippen LogP) is 3.56. The van der Waals surface area contributed by atoms with E-state index in [-0.39, 0.29) is 35.8 Å². The van der Waals surface area contributed by atoms with E-state index in [1.165, 1.54) is 0 Å². The molecule has 7 nitrogen and oxygen atoms in total. The second kappa shape index (κ2) is 10.9. The Hall–Kier alpha value is -2.88. The molecule has 2 heterocycles. The highest BCUT2D eigenvalue weighted by Crippen LogP contribution is 2.31. The lowest BCUT2D eigenvalue weighted by atomic mass is 9.90. The number of guanidine groups is 1. The standard InChI is InChI=1S/C23H26N6O.HI/c1-24-23(27-15-17-14-22(30)29-20-9-5-3-7-18(17)20)26-13-12-25-21-11-10-16-6-2-4-8-19(16)28-21;/h2-11,17H,12-15H2,1H3,(H,25,28)(H,29,30)(H2,24,26,27);1H. The zero-order valence-electron chi connectivity index (χ0n) is 17.4. The number of aromatic nitrogens is 1. The summed E-state index contributed by atoms with van der Waals surface area (Å²) in [4.78, 5) is 20.9. The van der Waals surface area contributed by atoms with E-state index in [1.54, 1.807) is 7.05 Å². The van der Waals surface area contributed by atoms with Gasteiger partial charge < -0.3 is 21.3 Å². The molecular weight excluding hydrogens is 503 g/mol. The van der Waals surface area contributed by atoms with Gasteiger partial charge in [-0.15, -0.1) is 24.0 Å². The maximum absolute atomic E-state index is 12.0. The Balaban J connectivity index is 0.00000272. The van der Waals surface area contributed by atoms with Crippen LogP contribution in [0.5, 0.6) is 0 Å². The Morgan fingerprint density at radius 2 is 1.87 bits per heavy atom. The Kier molecular flexibility index (Phi) is 8.05. The third kappa shape index (κ3) is 5.84. The molecule has 0 fully saturated rings. The maximum atomic E-state index is 12.0. The molecule has 1 aliphatic rings. The number of rotatable bonds is 6. The van der Waals surface area contributed by atoms with Crippen LogP contribution in [0.1, 0.15) is 17.9 Å². The van der Waals surface area contributed by atoms with Crippen LogP contribution in [0, 0.1) is 0 Å². The number of carbonyl (C=O) groups excluding carboxylic acids is 1. The normalized spacial score (nSPS) is 15.5. The molecule has 0 aliphatic carbocycles. The topological polar surface area (TPSA) is 90.4 Å². The fraction of sp³-hybridized carbons (Fsp3) is 0.261. The molecule has 1 unspecified atom stereocenters. The lowest BCUT2D eigenvalue weighted by Crippen LogP contribution is -2.42. The highest BCUT2D eigenvalue weighted by molar-refractivity contribution is 14.0. The zero-order valence-corrected chi connectivity index (χ0v) is 19.7. The van der Waals surface area contributed by atoms with Crippen molar-refractivity contribution in [2.24, 2.45) is 4.99 Å². The van der Waals surface area contributed by atoms with Crippen molar-refractivity contribution >= 4 is 58.3 Å². The Morgan fingerprint density at radius 3 is 2.74 bits per heavy atom. The number of pyridine rings is 1. The van der Waals surface area contributed by atoms with Gasteiger partial charge in [0.05, 0.1) is 5.52 Å². The van der Waals surface area contributed by atoms with Gasteiger partial charge in [0.2, 0.25) is 5.91 Å². The van der Waals surface area contributed by atoms with Crippen LogP contribution in [0.2, 0.25) is 0 Å². The van der Waals surface area contributed by atoms with Crippen LogP contribution < -0.4 is 21.3 Å². The number of halogens is 1. The first-order valence-corrected chi connectivity index (χ1v) is 10.2. The largest absolute Gasteiger partial charge is 0.368 e. The smallest absolute Gasteiger partial charge is 0.225 e. The molecule has 3 aromatic rings. The molecular formula is C23H27IN6O. The van der Waals surface area contributed by atoms with Crippen LogP contribution in [-0.2, 0) is 4.79 Å². The van der Waals surface area contributed by atoms with Gasteiger partial charge in [0.1, 0.15) is 5.82 Å². The minimum atomic E-state index is 0. The SMILES string of the molecule is CN=C(NCCNc1ccc2ccccc2n1)NCC1CC(=O)Nc2ccccc21.I. The summed E-state index contributed by atoms with van der Waals surface area (Å²) in [6, 6.07) is 20.1. The van der Waals surface area contributed by atoms with E-state index >= 15 is 0 Å². The Morgan fingerprint density at radius 1 is 1.06 bits per heavy atom. The third-order valence-corrected chi connectivity index (χ3v) is 5.17. The molecule has 1 atom stereocenters. The molecule has 0 saturated heterocycles. The number of hydrogen-bond acceptors (Lipinski definition) is 4. The zero-order chi connectivity index (χ0) is 20.8. The summed E-state index contributed by atoms with van der Waals surface area (Å²) in [5, 5.41) is 14.0. The lowest BCUT2D eigenvalue weighted by molar-refractivity contribution is -0.116. The molecule has 2 aromatic carbocycles. The average Bonchev–Trinajstić information content (AvgIpc) is 2.78. The number of nitrogens with zero attached hydrogens (tertiary/aromatic N) is 2. The van der Waals surface area contributed by atoms with Crippen molar-refractivity contribution in [3.63, 3.8) is 0 Å². The second-order valence-electron chi connectivity index (χ2n) is 7.23. The Bertz CT molecular complexity index is 1070. The molecule has 31 heavy (non-hydrogen) atoms. The van der Waals surface area contributed by atoms with E-state index in [2.05, 4.69) is 49.4 Å². The molecule has 1 aliphatic heterocycles. The van der Waals surface area contributed by atoms with Gasteiger partial charge in [0.15, 0.2) is 5.96 Å². The second-order valence-corrected chi connectivity index (χ2v) is 7.23. The van der Waals surface area contributed by atoms with Crippen LogP contribution in [0.3, 0.4) is 0 Å². The number of fused-ring (bicyclic) bond motifs is 2. The fourth-order valence-electron chi connectivity index (χ4n) is 3.66. The van der Waals surface area contributed by atoms with Crippen molar-refractivity contribution in [1.29, 1.82) is 0 Å². The van der Waals surface area contributed by atoms with Gasteiger partial charge in [-0.1, -0.05) is 36.4 Å². The van der Waals surface area contributed by atoms with Crippen LogP contribution >= 0.6 is 24.0 Å². The number of amides is 1. The van der Waals surface area contributed by atoms with Crippen LogP contribution in [0.25, 0.3) is 10.9 Å². The molecule has 1 aromatic heterocycles. The van der Waals surface area contributed by atoms with Gasteiger partial charge in [-0.3, -0.25) is 9.79 Å². The maximum Gasteiger partial charge on any atom is 0.225 e. The van der Waals surface area contributed by atoms with E-state index in [0.717, 1.165) is 28.0 Å². The van der Waals surface area contributed by atoms with Crippen molar-refractivity contribution in [1.82, 2.24) is 15.6 Å². The van der Waals surface area contributed by atoms with Crippen molar-refractivity contribution in [3.8, 4) is 0 Å². The first-order valence-electron chi connectivity index (χ1n) is 10.2. The lowest BCUT2D eigenvalue weighted by Gasteiger charge is -2.26. The summed E-state index contributed by atoms with van der Waals surface area (Å²) in [5.74, 6) is 1.74. The summed E-state index contributed by atoms with van der Waals surface area (Å²) >= 11 is 0. The summed E-state index contributed by atoms with van der Waals surface area (Å²) in [6.45, 7) is 2.04. The Labute approximate surface area is 199 Å². The predicted molar refractivity (Wildman–Crippen MR) is 137 cm³/mol. The molecule has 0 spiro atoms. The molecule has 0 bridgehead atoms. The van der Waals surface area contributed by atoms with E-state index in [1.807, 2.05) is 42.5 Å². The van der Waals surface area contributed by atoms with Crippen molar-refractivity contribution in [2.75, 3.05) is 37.3 Å². The number of para-hydroxylation sites is 2. The molecule has 4 N–H and O–H groups in total. The molecule has 162 valence electrons. The highest BCUT2D eigenvalue weighted by atomic mass is 127. The molecule has 1 amide bonds. The summed E-state index contributed by atoms with van der Waals surface area (Å²) in [6.07, 6.45) is 0.468. The minimum Gasteiger partial charge on any atom is -0.368 e. The number of aliphatic imine (C=N–C) groups is 1. The van der Waals surface area contributed by atoms with Gasteiger partial charge in [0, 0.05) is 50.1 Å². The monoisotopic (exact) mass is 530 g/mol. The van der Waals surface area contributed by atoms with Gasteiger partial charge in [-0.2, -0.15) is 0 Å². The first kappa shape index (κ1) is 22.8. The van der Waals surface area contributed by atoms with Crippen molar-refractivity contribution in [3.05, 3.63) is 66.2 Å². The summed E-state index contributed by atoms with van der Waals surface area (Å²) < 4.78 is 0. The minimum absolute atomic E-state index is 0. The molecule has 4 rings (SSSR count). The average molecular weight is 530 g/mol. The van der Waals surface area contributed by atoms with E-state index in [4.69, 9.17) is 0 Å². The fourth-order valence-corrected chi connectivity index (χ4v) is 3.66. The van der Waals surface area contributed by atoms with Crippen LogP contribution in [0.15, 0.2) is 65.7 Å². The molecule has 0 saturated carbocycles. The van der Waals surface area contributed by atoms with E-state index in [9.17, 15) is 4.79 Å². The van der Waals surface area contributed by atoms with E-state index < -0.39 is 0 Å². The van der Waals surface area contributed by atoms with Crippen LogP contribution in [-0.4, -0.2) is 43.5 Å². The summed E-state index contributed by atoms with van der Waals surface area (Å²) in [5.41, 5.74) is 3.03. The van der Waals surface area contributed by atoms with Gasteiger partial charge in [-0.25, -0.2) is 4.98 Å². The number of nitrogens with one attached hydrogen (secondary N) is 4. The van der Waals surface area contributed by atoms with E-state index in [0.29, 0.717) is 32.0 Å². The van der Waals surface area contributed by atoms with Crippen molar-refractivity contribution in [2.45, 2.75) is 12.3 Å². The van der Waals surface area contributed by atoms with Gasteiger partial charge >= 0.3 is 0 Å². The number of carbonyl (C=O) groups is 1. The number of benzene rings is 2. The van der Waals surface area contributed by atoms with Crippen LogP contribution in [0.4, 0.5) is 11.5 Å². The van der Waals surface area contributed by atoms with Gasteiger partial charge in [-0.05, 0) is 29.8 Å². The summed E-state index contributed by atoms with van der Waals surface area (Å²) in [7, 11) is 1.75. The molecule has 8 heteroatoms. The molecule has 0 radical (unpaired) electrons. The number of anilines is 2. The number of hydrogen-bond donors (Lipinski definition) is 4. The van der Waals surface area contributed by atoms with Crippen molar-refractivity contribution < 1.29 is 4.79 Å². The third-order valence-electron chi connectivity index (χ3n) is 5.17. The quantitative estimate of drug-likeness (QED) is 0.170.